The first-order chi connectivity index (χ1) is 6.53. The van der Waals surface area contributed by atoms with Crippen LogP contribution in [0.15, 0.2) is 12.3 Å². The molecule has 1 aromatic rings. The van der Waals surface area contributed by atoms with Crippen molar-refractivity contribution < 1.29 is 8.42 Å². The fourth-order valence-electron chi connectivity index (χ4n) is 1.08. The van der Waals surface area contributed by atoms with Crippen molar-refractivity contribution in [2.75, 3.05) is 5.75 Å². The summed E-state index contributed by atoms with van der Waals surface area (Å²) in [6, 6.07) is 1.79. The van der Waals surface area contributed by atoms with E-state index in [1.165, 1.54) is 0 Å². The maximum Gasteiger partial charge on any atom is 0.211 e. The molecule has 1 aromatic heterocycles. The van der Waals surface area contributed by atoms with Crippen LogP contribution in [0.5, 0.6) is 0 Å². The smallest absolute Gasteiger partial charge is 0.211 e. The van der Waals surface area contributed by atoms with Crippen LogP contribution in [0.25, 0.3) is 0 Å². The van der Waals surface area contributed by atoms with Crippen molar-refractivity contribution in [1.82, 2.24) is 14.5 Å². The molecule has 0 aromatic carbocycles. The highest BCUT2D eigenvalue weighted by Crippen LogP contribution is 1.95. The lowest BCUT2D eigenvalue weighted by Gasteiger charge is -2.02. The van der Waals surface area contributed by atoms with Crippen LogP contribution in [0.1, 0.15) is 19.0 Å². The van der Waals surface area contributed by atoms with E-state index in [1.807, 2.05) is 6.92 Å². The monoisotopic (exact) mass is 217 g/mol. The van der Waals surface area contributed by atoms with Gasteiger partial charge in [0, 0.05) is 13.2 Å². The first kappa shape index (κ1) is 11.2. The van der Waals surface area contributed by atoms with Gasteiger partial charge in [0.2, 0.25) is 10.0 Å². The van der Waals surface area contributed by atoms with Crippen molar-refractivity contribution in [2.45, 2.75) is 19.9 Å². The number of nitrogens with one attached hydrogen (secondary N) is 1. The van der Waals surface area contributed by atoms with Gasteiger partial charge in [0.05, 0.1) is 18.0 Å². The summed E-state index contributed by atoms with van der Waals surface area (Å²) in [5.41, 5.74) is 0.729. The van der Waals surface area contributed by atoms with Gasteiger partial charge in [0.25, 0.3) is 0 Å². The van der Waals surface area contributed by atoms with E-state index in [0.717, 1.165) is 5.69 Å². The first-order valence-corrected chi connectivity index (χ1v) is 6.14. The summed E-state index contributed by atoms with van der Waals surface area (Å²) in [6.07, 6.45) is 2.40. The van der Waals surface area contributed by atoms with Gasteiger partial charge in [-0.2, -0.15) is 5.10 Å². The third-order valence-electron chi connectivity index (χ3n) is 1.71. The minimum Gasteiger partial charge on any atom is -0.276 e. The number of hydrogen-bond donors (Lipinski definition) is 1. The second-order valence-corrected chi connectivity index (χ2v) is 5.05. The molecule has 80 valence electrons. The summed E-state index contributed by atoms with van der Waals surface area (Å²) in [7, 11) is -1.32. The normalized spacial score (nSPS) is 11.9. The standard InChI is InChI=1S/C8H15N3O2S/c1-3-6-14(12,13)9-7-8-4-5-11(2)10-8/h4-5,9H,3,6-7H2,1-2H3. The van der Waals surface area contributed by atoms with E-state index in [4.69, 9.17) is 0 Å². The molecule has 0 bridgehead atoms. The molecule has 0 saturated heterocycles. The average Bonchev–Trinajstić information content (AvgIpc) is 2.48. The van der Waals surface area contributed by atoms with E-state index >= 15 is 0 Å². The van der Waals surface area contributed by atoms with Crippen molar-refractivity contribution in [3.8, 4) is 0 Å². The second-order valence-electron chi connectivity index (χ2n) is 3.12. The highest BCUT2D eigenvalue weighted by molar-refractivity contribution is 7.89. The maximum absolute atomic E-state index is 11.3. The SMILES string of the molecule is CCCS(=O)(=O)NCc1ccn(C)n1. The largest absolute Gasteiger partial charge is 0.276 e. The van der Waals surface area contributed by atoms with Gasteiger partial charge in [-0.1, -0.05) is 6.92 Å². The highest BCUT2D eigenvalue weighted by atomic mass is 32.2. The molecule has 6 heteroatoms. The third-order valence-corrected chi connectivity index (χ3v) is 3.24. The maximum atomic E-state index is 11.3. The molecule has 1 heterocycles. The van der Waals surface area contributed by atoms with Gasteiger partial charge in [-0.25, -0.2) is 13.1 Å². The molecule has 0 aliphatic heterocycles. The van der Waals surface area contributed by atoms with Crippen LogP contribution >= 0.6 is 0 Å². The zero-order chi connectivity index (χ0) is 10.6. The molecule has 5 nitrogen and oxygen atoms in total. The molecule has 0 saturated carbocycles. The Hall–Kier alpha value is -0.880. The van der Waals surface area contributed by atoms with E-state index in [9.17, 15) is 8.42 Å². The predicted molar refractivity (Wildman–Crippen MR) is 54.1 cm³/mol. The van der Waals surface area contributed by atoms with Gasteiger partial charge < -0.3 is 0 Å². The van der Waals surface area contributed by atoms with Crippen LogP contribution in [0.2, 0.25) is 0 Å². The van der Waals surface area contributed by atoms with Crippen LogP contribution in [0, 0.1) is 0 Å². The molecule has 0 aliphatic carbocycles. The molecule has 0 unspecified atom stereocenters. The Kier molecular flexibility index (Phi) is 3.65. The Morgan fingerprint density at radius 1 is 1.57 bits per heavy atom. The summed E-state index contributed by atoms with van der Waals surface area (Å²) in [5.74, 6) is 0.167. The lowest BCUT2D eigenvalue weighted by atomic mass is 10.4. The van der Waals surface area contributed by atoms with Crippen molar-refractivity contribution in [3.05, 3.63) is 18.0 Å². The van der Waals surface area contributed by atoms with Crippen LogP contribution in [0.3, 0.4) is 0 Å². The van der Waals surface area contributed by atoms with Gasteiger partial charge in [0.15, 0.2) is 0 Å². The number of hydrogen-bond acceptors (Lipinski definition) is 3. The van der Waals surface area contributed by atoms with Crippen molar-refractivity contribution in [3.63, 3.8) is 0 Å². The second kappa shape index (κ2) is 4.56. The minimum atomic E-state index is -3.12. The zero-order valence-corrected chi connectivity index (χ0v) is 9.21. The fraction of sp³-hybridized carbons (Fsp3) is 0.625. The molecule has 0 atom stereocenters. The minimum absolute atomic E-state index is 0.167. The third kappa shape index (κ3) is 3.47. The molecule has 0 aliphatic rings. The summed E-state index contributed by atoms with van der Waals surface area (Å²) in [6.45, 7) is 2.10. The molecular formula is C8H15N3O2S. The Labute approximate surface area is 84.2 Å². The van der Waals surface area contributed by atoms with Crippen molar-refractivity contribution in [2.24, 2.45) is 7.05 Å². The Morgan fingerprint density at radius 3 is 2.79 bits per heavy atom. The van der Waals surface area contributed by atoms with Gasteiger partial charge in [-0.15, -0.1) is 0 Å². The topological polar surface area (TPSA) is 64.0 Å². The van der Waals surface area contributed by atoms with E-state index in [0.29, 0.717) is 6.42 Å². The number of aromatic nitrogens is 2. The summed E-state index contributed by atoms with van der Waals surface area (Å²) < 4.78 is 26.7. The van der Waals surface area contributed by atoms with Crippen LogP contribution in [0.4, 0.5) is 0 Å². The molecule has 1 rings (SSSR count). The number of nitrogens with zero attached hydrogens (tertiary/aromatic N) is 2. The number of sulfonamides is 1. The quantitative estimate of drug-likeness (QED) is 0.769. The first-order valence-electron chi connectivity index (χ1n) is 4.49. The lowest BCUT2D eigenvalue weighted by Crippen LogP contribution is -2.25. The van der Waals surface area contributed by atoms with Gasteiger partial charge in [-0.05, 0) is 12.5 Å². The van der Waals surface area contributed by atoms with Crippen molar-refractivity contribution in [1.29, 1.82) is 0 Å². The van der Waals surface area contributed by atoms with E-state index in [2.05, 4.69) is 9.82 Å². The Bertz CT molecular complexity index is 383. The van der Waals surface area contributed by atoms with Gasteiger partial charge >= 0.3 is 0 Å². The van der Waals surface area contributed by atoms with E-state index in [1.54, 1.807) is 24.0 Å². The molecule has 0 spiro atoms. The fourth-order valence-corrected chi connectivity index (χ4v) is 2.13. The zero-order valence-electron chi connectivity index (χ0n) is 8.40. The predicted octanol–water partition coefficient (Wildman–Crippen LogP) is 0.249. The molecular weight excluding hydrogens is 202 g/mol. The Morgan fingerprint density at radius 2 is 2.29 bits per heavy atom. The van der Waals surface area contributed by atoms with E-state index < -0.39 is 10.0 Å². The molecule has 0 radical (unpaired) electrons. The summed E-state index contributed by atoms with van der Waals surface area (Å²) in [4.78, 5) is 0. The van der Waals surface area contributed by atoms with Gasteiger partial charge in [-0.3, -0.25) is 4.68 Å². The highest BCUT2D eigenvalue weighted by Gasteiger charge is 2.08. The Balaban J connectivity index is 2.48. The molecule has 14 heavy (non-hydrogen) atoms. The molecule has 0 fully saturated rings. The average molecular weight is 217 g/mol. The van der Waals surface area contributed by atoms with Gasteiger partial charge in [0.1, 0.15) is 0 Å². The van der Waals surface area contributed by atoms with Crippen LogP contribution in [-0.4, -0.2) is 24.0 Å². The van der Waals surface area contributed by atoms with E-state index in [-0.39, 0.29) is 12.3 Å². The lowest BCUT2D eigenvalue weighted by molar-refractivity contribution is 0.578. The number of aryl methyl sites for hydroxylation is 1. The molecule has 1 N–H and O–H groups in total. The van der Waals surface area contributed by atoms with Crippen molar-refractivity contribution >= 4 is 10.0 Å². The molecule has 0 amide bonds. The van der Waals surface area contributed by atoms with Crippen LogP contribution < -0.4 is 4.72 Å². The summed E-state index contributed by atoms with van der Waals surface area (Å²) in [5, 5.41) is 4.06. The van der Waals surface area contributed by atoms with Crippen LogP contribution in [-0.2, 0) is 23.6 Å². The number of rotatable bonds is 5. The summed E-state index contributed by atoms with van der Waals surface area (Å²) >= 11 is 0.